The van der Waals surface area contributed by atoms with Gasteiger partial charge in [-0.15, -0.1) is 0 Å². The van der Waals surface area contributed by atoms with Crippen LogP contribution in [0.2, 0.25) is 0 Å². The first kappa shape index (κ1) is 18.5. The van der Waals surface area contributed by atoms with Gasteiger partial charge in [0.25, 0.3) is 10.2 Å². The van der Waals surface area contributed by atoms with Gasteiger partial charge in [0.2, 0.25) is 0 Å². The average molecular weight is 372 g/mol. The van der Waals surface area contributed by atoms with Crippen LogP contribution in [0.4, 0.5) is 10.1 Å². The number of hydrogen-bond donors (Lipinski definition) is 1. The van der Waals surface area contributed by atoms with Gasteiger partial charge in [-0.05, 0) is 12.5 Å². The molecule has 2 N–H and O–H groups in total. The van der Waals surface area contributed by atoms with Gasteiger partial charge in [0, 0.05) is 58.0 Å². The predicted octanol–water partition coefficient (Wildman–Crippen LogP) is 0.491. The number of anilines is 1. The van der Waals surface area contributed by atoms with Crippen LogP contribution in [0.5, 0.6) is 0 Å². The molecule has 0 amide bonds. The summed E-state index contributed by atoms with van der Waals surface area (Å²) < 4.78 is 47.7. The van der Waals surface area contributed by atoms with Crippen LogP contribution in [0, 0.1) is 5.82 Å². The fourth-order valence-electron chi connectivity index (χ4n) is 3.25. The van der Waals surface area contributed by atoms with Crippen molar-refractivity contribution >= 4 is 15.9 Å². The van der Waals surface area contributed by atoms with Crippen molar-refractivity contribution in [1.82, 2.24) is 13.5 Å². The number of methoxy groups -OCH3 is 1. The number of piperazine rings is 1. The molecule has 9 heteroatoms. The maximum atomic E-state index is 14.2. The summed E-state index contributed by atoms with van der Waals surface area (Å²) >= 11 is 0. The smallest absolute Gasteiger partial charge is 0.282 e. The van der Waals surface area contributed by atoms with Gasteiger partial charge < -0.3 is 10.5 Å². The van der Waals surface area contributed by atoms with Crippen molar-refractivity contribution in [3.8, 4) is 0 Å². The highest BCUT2D eigenvalue weighted by atomic mass is 32.2. The van der Waals surface area contributed by atoms with Crippen molar-refractivity contribution in [2.24, 2.45) is 0 Å². The monoisotopic (exact) mass is 372 g/mol. The fraction of sp³-hybridized carbons (Fsp3) is 0.625. The summed E-state index contributed by atoms with van der Waals surface area (Å²) in [6, 6.07) is 4.83. The summed E-state index contributed by atoms with van der Waals surface area (Å²) in [5, 5.41) is 0. The van der Waals surface area contributed by atoms with E-state index >= 15 is 0 Å². The van der Waals surface area contributed by atoms with E-state index in [0.29, 0.717) is 51.4 Å². The molecule has 140 valence electrons. The molecule has 1 aromatic carbocycles. The Hall–Kier alpha value is -1.26. The van der Waals surface area contributed by atoms with Crippen LogP contribution in [0.15, 0.2) is 18.2 Å². The molecule has 0 unspecified atom stereocenters. The highest BCUT2D eigenvalue weighted by Gasteiger charge is 2.38. The molecule has 3 rings (SSSR count). The van der Waals surface area contributed by atoms with Gasteiger partial charge in [0.05, 0.1) is 12.3 Å². The van der Waals surface area contributed by atoms with Gasteiger partial charge in [0.1, 0.15) is 0 Å². The Morgan fingerprint density at radius 2 is 2.00 bits per heavy atom. The van der Waals surface area contributed by atoms with E-state index in [9.17, 15) is 12.8 Å². The summed E-state index contributed by atoms with van der Waals surface area (Å²) in [7, 11) is -1.81. The van der Waals surface area contributed by atoms with E-state index in [4.69, 9.17) is 10.5 Å². The maximum Gasteiger partial charge on any atom is 0.282 e. The van der Waals surface area contributed by atoms with E-state index in [-0.39, 0.29) is 11.7 Å². The zero-order chi connectivity index (χ0) is 18.0. The first-order valence-corrected chi connectivity index (χ1v) is 9.84. The Kier molecular flexibility index (Phi) is 5.59. The Bertz CT molecular complexity index is 711. The quantitative estimate of drug-likeness (QED) is 0.736. The SMILES string of the molecule is COC[C@@H]1CN(S(=O)(=O)N2CCC2)CCN1Cc1cccc(N)c1F. The number of nitrogens with two attached hydrogens (primary N) is 1. The van der Waals surface area contributed by atoms with Gasteiger partial charge in [-0.1, -0.05) is 12.1 Å². The van der Waals surface area contributed by atoms with Crippen LogP contribution in [-0.4, -0.2) is 74.4 Å². The van der Waals surface area contributed by atoms with E-state index in [1.807, 2.05) is 0 Å². The molecule has 0 aliphatic carbocycles. The molecule has 25 heavy (non-hydrogen) atoms. The highest BCUT2D eigenvalue weighted by Crippen LogP contribution is 2.23. The molecule has 2 aliphatic rings. The Morgan fingerprint density at radius 1 is 1.24 bits per heavy atom. The minimum absolute atomic E-state index is 0.125. The molecule has 7 nitrogen and oxygen atoms in total. The minimum atomic E-state index is -3.40. The van der Waals surface area contributed by atoms with Crippen LogP contribution in [0.25, 0.3) is 0 Å². The Labute approximate surface area is 148 Å². The Balaban J connectivity index is 1.72. The normalized spacial score (nSPS) is 23.5. The maximum absolute atomic E-state index is 14.2. The van der Waals surface area contributed by atoms with Crippen LogP contribution in [-0.2, 0) is 21.5 Å². The first-order chi connectivity index (χ1) is 11.9. The molecule has 2 fully saturated rings. The molecule has 0 spiro atoms. The first-order valence-electron chi connectivity index (χ1n) is 8.44. The number of rotatable bonds is 6. The van der Waals surface area contributed by atoms with E-state index < -0.39 is 16.0 Å². The number of halogens is 1. The van der Waals surface area contributed by atoms with E-state index in [1.165, 1.54) is 14.7 Å². The van der Waals surface area contributed by atoms with Gasteiger partial charge in [-0.25, -0.2) is 4.39 Å². The van der Waals surface area contributed by atoms with Crippen LogP contribution in [0.1, 0.15) is 12.0 Å². The third kappa shape index (κ3) is 3.80. The third-order valence-electron chi connectivity index (χ3n) is 4.88. The second-order valence-electron chi connectivity index (χ2n) is 6.52. The third-order valence-corrected chi connectivity index (χ3v) is 6.88. The summed E-state index contributed by atoms with van der Waals surface area (Å²) in [4.78, 5) is 2.06. The zero-order valence-electron chi connectivity index (χ0n) is 14.4. The summed E-state index contributed by atoms with van der Waals surface area (Å²) in [5.74, 6) is -0.408. The molecule has 0 bridgehead atoms. The molecule has 1 aromatic rings. The molecular weight excluding hydrogens is 347 g/mol. The van der Waals surface area contributed by atoms with E-state index in [0.717, 1.165) is 6.42 Å². The largest absolute Gasteiger partial charge is 0.396 e. The van der Waals surface area contributed by atoms with Crippen molar-refractivity contribution in [3.63, 3.8) is 0 Å². The topological polar surface area (TPSA) is 79.1 Å². The van der Waals surface area contributed by atoms with Crippen LogP contribution in [0.3, 0.4) is 0 Å². The molecule has 1 atom stereocenters. The van der Waals surface area contributed by atoms with E-state index in [1.54, 1.807) is 19.2 Å². The number of benzene rings is 1. The highest BCUT2D eigenvalue weighted by molar-refractivity contribution is 7.86. The molecular formula is C16H25FN4O3S. The van der Waals surface area contributed by atoms with Crippen LogP contribution < -0.4 is 5.73 Å². The molecule has 0 aromatic heterocycles. The van der Waals surface area contributed by atoms with Crippen molar-refractivity contribution < 1.29 is 17.5 Å². The number of nitrogen functional groups attached to an aromatic ring is 1. The second kappa shape index (κ2) is 7.55. The predicted molar refractivity (Wildman–Crippen MR) is 93.6 cm³/mol. The van der Waals surface area contributed by atoms with Crippen molar-refractivity contribution in [1.29, 1.82) is 0 Å². The second-order valence-corrected chi connectivity index (χ2v) is 8.45. The van der Waals surface area contributed by atoms with E-state index in [2.05, 4.69) is 4.90 Å². The molecule has 2 heterocycles. The molecule has 2 aliphatic heterocycles. The zero-order valence-corrected chi connectivity index (χ0v) is 15.2. The summed E-state index contributed by atoms with van der Waals surface area (Å²) in [6.45, 7) is 3.20. The van der Waals surface area contributed by atoms with Gasteiger partial charge in [-0.2, -0.15) is 17.0 Å². The standard InChI is InChI=1S/C16H25FN4O3S/c1-24-12-14-11-21(25(22,23)20-6-3-7-20)9-8-19(14)10-13-4-2-5-15(18)16(13)17/h2,4-5,14H,3,6-12,18H2,1H3/t14-/m0/s1. The van der Waals surface area contributed by atoms with Crippen LogP contribution >= 0.6 is 0 Å². The molecule has 0 saturated carbocycles. The lowest BCUT2D eigenvalue weighted by molar-refractivity contribution is 0.0425. The minimum Gasteiger partial charge on any atom is -0.396 e. The molecule has 0 radical (unpaired) electrons. The number of ether oxygens (including phenoxy) is 1. The van der Waals surface area contributed by atoms with Gasteiger partial charge in [0.15, 0.2) is 5.82 Å². The fourth-order valence-corrected chi connectivity index (χ4v) is 4.97. The average Bonchev–Trinajstić information content (AvgIpc) is 2.51. The van der Waals surface area contributed by atoms with Gasteiger partial charge in [-0.3, -0.25) is 4.90 Å². The number of hydrogen-bond acceptors (Lipinski definition) is 5. The van der Waals surface area contributed by atoms with Gasteiger partial charge >= 0.3 is 0 Å². The Morgan fingerprint density at radius 3 is 2.64 bits per heavy atom. The lowest BCUT2D eigenvalue weighted by Crippen LogP contribution is -2.60. The lowest BCUT2D eigenvalue weighted by Gasteiger charge is -2.43. The lowest BCUT2D eigenvalue weighted by atomic mass is 10.1. The molecule has 2 saturated heterocycles. The number of nitrogens with zero attached hydrogens (tertiary/aromatic N) is 3. The van der Waals surface area contributed by atoms with Crippen molar-refractivity contribution in [2.75, 3.05) is 52.2 Å². The summed E-state index contributed by atoms with van der Waals surface area (Å²) in [5.41, 5.74) is 6.28. The van der Waals surface area contributed by atoms with Crippen molar-refractivity contribution in [2.45, 2.75) is 19.0 Å². The summed E-state index contributed by atoms with van der Waals surface area (Å²) in [6.07, 6.45) is 0.912. The van der Waals surface area contributed by atoms with Crippen molar-refractivity contribution in [3.05, 3.63) is 29.6 Å².